The molecule has 2 amide bonds. The first-order valence-electron chi connectivity index (χ1n) is 10.1. The van der Waals surface area contributed by atoms with E-state index in [0.29, 0.717) is 17.8 Å². The number of carbonyl (C=O) groups excluding carboxylic acids is 2. The third-order valence-electron chi connectivity index (χ3n) is 5.15. The molecule has 1 aliphatic rings. The maximum Gasteiger partial charge on any atom is 0.309 e. The molecular formula is C22H25FN2O4S2. The molecule has 1 atom stereocenters. The number of benzene rings is 1. The van der Waals surface area contributed by atoms with Crippen LogP contribution in [0.1, 0.15) is 42.2 Å². The van der Waals surface area contributed by atoms with Crippen LogP contribution in [0.4, 0.5) is 4.39 Å². The van der Waals surface area contributed by atoms with Gasteiger partial charge in [0.1, 0.15) is 11.1 Å². The minimum atomic E-state index is -3.90. The number of nitrogens with one attached hydrogen (secondary N) is 2. The minimum Gasteiger partial charge on any atom is -0.348 e. The molecule has 1 unspecified atom stereocenters. The number of hydrogen-bond acceptors (Lipinski definition) is 5. The molecule has 1 aromatic heterocycles. The van der Waals surface area contributed by atoms with Crippen LogP contribution in [0.3, 0.4) is 0 Å². The normalized spacial score (nSPS) is 15.1. The number of carbonyl (C=O) groups is 2. The molecule has 0 bridgehead atoms. The predicted octanol–water partition coefficient (Wildman–Crippen LogP) is 3.53. The van der Waals surface area contributed by atoms with Crippen molar-refractivity contribution in [2.45, 2.75) is 42.2 Å². The third kappa shape index (κ3) is 6.24. The maximum absolute atomic E-state index is 13.2. The fourth-order valence-corrected chi connectivity index (χ4v) is 6.22. The Labute approximate surface area is 185 Å². The Morgan fingerprint density at radius 1 is 1.06 bits per heavy atom. The SMILES string of the molecule is O=C(NCCC1=CCCCC1)C(=O)NCC(c1cccs1)S(=O)(=O)c1ccc(F)cc1. The molecule has 0 radical (unpaired) electrons. The van der Waals surface area contributed by atoms with Crippen LogP contribution in [0.15, 0.2) is 58.3 Å². The van der Waals surface area contributed by atoms with E-state index in [9.17, 15) is 22.4 Å². The van der Waals surface area contributed by atoms with Gasteiger partial charge in [0.25, 0.3) is 0 Å². The van der Waals surface area contributed by atoms with Gasteiger partial charge < -0.3 is 10.6 Å². The fraction of sp³-hybridized carbons (Fsp3) is 0.364. The first-order valence-corrected chi connectivity index (χ1v) is 12.6. The van der Waals surface area contributed by atoms with Gasteiger partial charge in [-0.1, -0.05) is 17.7 Å². The zero-order valence-corrected chi connectivity index (χ0v) is 18.6. The van der Waals surface area contributed by atoms with Crippen molar-refractivity contribution in [3.05, 3.63) is 64.1 Å². The van der Waals surface area contributed by atoms with Gasteiger partial charge in [0.2, 0.25) is 0 Å². The molecule has 2 N–H and O–H groups in total. The first kappa shape index (κ1) is 23.1. The van der Waals surface area contributed by atoms with E-state index in [-0.39, 0.29) is 11.4 Å². The Balaban J connectivity index is 1.61. The summed E-state index contributed by atoms with van der Waals surface area (Å²) in [6.07, 6.45) is 7.29. The van der Waals surface area contributed by atoms with E-state index in [2.05, 4.69) is 16.7 Å². The van der Waals surface area contributed by atoms with Crippen molar-refractivity contribution < 1.29 is 22.4 Å². The van der Waals surface area contributed by atoms with Gasteiger partial charge in [-0.2, -0.15) is 0 Å². The van der Waals surface area contributed by atoms with Crippen LogP contribution in [0.25, 0.3) is 0 Å². The average molecular weight is 465 g/mol. The summed E-state index contributed by atoms with van der Waals surface area (Å²) in [5.41, 5.74) is 1.29. The number of rotatable bonds is 8. The molecule has 2 aromatic rings. The van der Waals surface area contributed by atoms with Gasteiger partial charge in [-0.25, -0.2) is 12.8 Å². The summed E-state index contributed by atoms with van der Waals surface area (Å²) in [6, 6.07) is 7.90. The maximum atomic E-state index is 13.2. The molecule has 6 nitrogen and oxygen atoms in total. The van der Waals surface area contributed by atoms with Crippen molar-refractivity contribution >= 4 is 33.0 Å². The van der Waals surface area contributed by atoms with Crippen molar-refractivity contribution in [3.8, 4) is 0 Å². The minimum absolute atomic E-state index is 0.0493. The second-order valence-electron chi connectivity index (χ2n) is 7.33. The number of allylic oxidation sites excluding steroid dienone is 1. The number of sulfone groups is 1. The summed E-state index contributed by atoms with van der Waals surface area (Å²) in [5.74, 6) is -2.21. The molecule has 0 saturated heterocycles. The Morgan fingerprint density at radius 3 is 2.45 bits per heavy atom. The van der Waals surface area contributed by atoms with Crippen LogP contribution in [0, 0.1) is 5.82 Å². The number of thiophene rings is 1. The molecule has 3 rings (SSSR count). The highest BCUT2D eigenvalue weighted by atomic mass is 32.2. The van der Waals surface area contributed by atoms with E-state index in [1.54, 1.807) is 17.5 Å². The molecule has 0 spiro atoms. The summed E-state index contributed by atoms with van der Waals surface area (Å²) >= 11 is 1.23. The monoisotopic (exact) mass is 464 g/mol. The van der Waals surface area contributed by atoms with Gasteiger partial charge in [-0.05, 0) is 67.8 Å². The first-order chi connectivity index (χ1) is 14.9. The average Bonchev–Trinajstić information content (AvgIpc) is 3.29. The summed E-state index contributed by atoms with van der Waals surface area (Å²) in [5, 5.41) is 5.67. The van der Waals surface area contributed by atoms with Crippen LogP contribution in [0.2, 0.25) is 0 Å². The summed E-state index contributed by atoms with van der Waals surface area (Å²) in [4.78, 5) is 24.8. The standard InChI is InChI=1S/C22H25FN2O4S2/c23-17-8-10-18(11-9-17)31(28,29)20(19-7-4-14-30-19)15-25-22(27)21(26)24-13-12-16-5-2-1-3-6-16/h4-5,7-11,14,20H,1-3,6,12-13,15H2,(H,24,26)(H,25,27). The molecular weight excluding hydrogens is 439 g/mol. The topological polar surface area (TPSA) is 92.3 Å². The zero-order valence-electron chi connectivity index (χ0n) is 17.0. The predicted molar refractivity (Wildman–Crippen MR) is 118 cm³/mol. The Morgan fingerprint density at radius 2 is 1.81 bits per heavy atom. The van der Waals surface area contributed by atoms with Crippen molar-refractivity contribution in [3.63, 3.8) is 0 Å². The fourth-order valence-electron chi connectivity index (χ4n) is 3.44. The second-order valence-corrected chi connectivity index (χ2v) is 10.4. The van der Waals surface area contributed by atoms with Gasteiger partial charge in [0.05, 0.1) is 4.90 Å². The molecule has 166 valence electrons. The van der Waals surface area contributed by atoms with E-state index in [4.69, 9.17) is 0 Å². The number of halogens is 1. The largest absolute Gasteiger partial charge is 0.348 e. The summed E-state index contributed by atoms with van der Waals surface area (Å²) < 4.78 is 39.4. The van der Waals surface area contributed by atoms with Crippen LogP contribution < -0.4 is 10.6 Å². The number of hydrogen-bond donors (Lipinski definition) is 2. The highest BCUT2D eigenvalue weighted by molar-refractivity contribution is 7.91. The van der Waals surface area contributed by atoms with E-state index < -0.39 is 32.7 Å². The molecule has 9 heteroatoms. The lowest BCUT2D eigenvalue weighted by molar-refractivity contribution is -0.139. The van der Waals surface area contributed by atoms with Crippen LogP contribution in [-0.2, 0) is 19.4 Å². The highest BCUT2D eigenvalue weighted by Crippen LogP contribution is 2.31. The summed E-state index contributed by atoms with van der Waals surface area (Å²) in [7, 11) is -3.90. The van der Waals surface area contributed by atoms with Crippen LogP contribution in [0.5, 0.6) is 0 Å². The number of amides is 2. The second kappa shape index (κ2) is 10.7. The van der Waals surface area contributed by atoms with Crippen molar-refractivity contribution in [2.24, 2.45) is 0 Å². The van der Waals surface area contributed by atoms with Gasteiger partial charge in [-0.15, -0.1) is 11.3 Å². The molecule has 0 saturated carbocycles. The van der Waals surface area contributed by atoms with Gasteiger partial charge in [-0.3, -0.25) is 9.59 Å². The van der Waals surface area contributed by atoms with E-state index in [1.807, 2.05) is 0 Å². The van der Waals surface area contributed by atoms with Crippen molar-refractivity contribution in [2.75, 3.05) is 13.1 Å². The van der Waals surface area contributed by atoms with Gasteiger partial charge in [0, 0.05) is 18.0 Å². The lowest BCUT2D eigenvalue weighted by atomic mass is 9.97. The highest BCUT2D eigenvalue weighted by Gasteiger charge is 2.31. The molecule has 1 heterocycles. The summed E-state index contributed by atoms with van der Waals surface area (Å²) in [6.45, 7) is 0.0952. The third-order valence-corrected chi connectivity index (χ3v) is 8.38. The Bertz CT molecular complexity index is 1030. The van der Waals surface area contributed by atoms with E-state index in [1.165, 1.54) is 35.5 Å². The Kier molecular flexibility index (Phi) is 7.97. The zero-order chi connectivity index (χ0) is 22.3. The molecule has 1 aliphatic carbocycles. The van der Waals surface area contributed by atoms with E-state index in [0.717, 1.165) is 31.4 Å². The van der Waals surface area contributed by atoms with Crippen molar-refractivity contribution in [1.82, 2.24) is 10.6 Å². The van der Waals surface area contributed by atoms with Gasteiger partial charge in [0.15, 0.2) is 9.84 Å². The molecule has 0 fully saturated rings. The molecule has 0 aliphatic heterocycles. The van der Waals surface area contributed by atoms with E-state index >= 15 is 0 Å². The molecule has 31 heavy (non-hydrogen) atoms. The Hall–Kier alpha value is -2.52. The smallest absolute Gasteiger partial charge is 0.309 e. The van der Waals surface area contributed by atoms with Crippen LogP contribution >= 0.6 is 11.3 Å². The lowest BCUT2D eigenvalue weighted by Crippen LogP contribution is -2.42. The van der Waals surface area contributed by atoms with Crippen molar-refractivity contribution in [1.29, 1.82) is 0 Å². The van der Waals surface area contributed by atoms with Gasteiger partial charge >= 0.3 is 11.8 Å². The lowest BCUT2D eigenvalue weighted by Gasteiger charge is -2.17. The molecule has 1 aromatic carbocycles. The van der Waals surface area contributed by atoms with Crippen LogP contribution in [-0.4, -0.2) is 33.3 Å². The quantitative estimate of drug-likeness (QED) is 0.355.